The quantitative estimate of drug-likeness (QED) is 0.732. The van der Waals surface area contributed by atoms with Crippen LogP contribution in [0.2, 0.25) is 0 Å². The van der Waals surface area contributed by atoms with Crippen LogP contribution in [0.25, 0.3) is 0 Å². The summed E-state index contributed by atoms with van der Waals surface area (Å²) < 4.78 is 4.78. The molecule has 1 unspecified atom stereocenters. The molecule has 0 heterocycles. The van der Waals surface area contributed by atoms with E-state index in [9.17, 15) is 9.59 Å². The topological polar surface area (TPSA) is 58.6 Å². The summed E-state index contributed by atoms with van der Waals surface area (Å²) in [6.07, 6.45) is 5.36. The molecule has 1 N–H and O–H groups in total. The molecule has 0 bridgehead atoms. The van der Waals surface area contributed by atoms with Crippen molar-refractivity contribution in [3.8, 4) is 0 Å². The van der Waals surface area contributed by atoms with Crippen LogP contribution in [0.1, 0.15) is 52.9 Å². The summed E-state index contributed by atoms with van der Waals surface area (Å²) in [6.45, 7) is 6.68. The second kappa shape index (κ2) is 9.13. The summed E-state index contributed by atoms with van der Waals surface area (Å²) >= 11 is 0. The minimum Gasteiger partial charge on any atom is -0.467 e. The molecule has 1 saturated carbocycles. The lowest BCUT2D eigenvalue weighted by atomic mass is 9.87. The van der Waals surface area contributed by atoms with Gasteiger partial charge in [-0.15, -0.1) is 0 Å². The zero-order valence-electron chi connectivity index (χ0n) is 14.7. The van der Waals surface area contributed by atoms with E-state index in [4.69, 9.17) is 4.74 Å². The van der Waals surface area contributed by atoms with Crippen molar-refractivity contribution in [3.63, 3.8) is 0 Å². The summed E-state index contributed by atoms with van der Waals surface area (Å²) in [5.41, 5.74) is 0. The lowest BCUT2D eigenvalue weighted by molar-refractivity contribution is -0.145. The third kappa shape index (κ3) is 6.34. The number of ether oxygens (including phenoxy) is 1. The number of likely N-dealkylation sites (N-methyl/N-ethyl adjacent to an activating group) is 1. The molecule has 0 aliphatic heterocycles. The maximum atomic E-state index is 12.2. The summed E-state index contributed by atoms with van der Waals surface area (Å²) in [4.78, 5) is 26.1. The Kier molecular flexibility index (Phi) is 7.87. The molecule has 0 aromatic heterocycles. The molecular formula is C17H32N2O3. The standard InChI is InChI=1S/C17H32N2O3/c1-12(2)10-15(17(21)22-5)18-16(20)11-19(4)14-8-6-13(3)7-9-14/h12-15H,6-11H2,1-5H3,(H,18,20). The van der Waals surface area contributed by atoms with Gasteiger partial charge in [-0.3, -0.25) is 9.69 Å². The Morgan fingerprint density at radius 1 is 1.23 bits per heavy atom. The van der Waals surface area contributed by atoms with Gasteiger partial charge in [0.1, 0.15) is 6.04 Å². The predicted octanol–water partition coefficient (Wildman–Crippen LogP) is 2.20. The van der Waals surface area contributed by atoms with Crippen LogP contribution < -0.4 is 5.32 Å². The molecular weight excluding hydrogens is 280 g/mol. The number of nitrogens with zero attached hydrogens (tertiary/aromatic N) is 1. The van der Waals surface area contributed by atoms with Gasteiger partial charge in [0, 0.05) is 6.04 Å². The van der Waals surface area contributed by atoms with E-state index < -0.39 is 6.04 Å². The molecule has 128 valence electrons. The number of hydrogen-bond acceptors (Lipinski definition) is 4. The van der Waals surface area contributed by atoms with Crippen LogP contribution in [0.15, 0.2) is 0 Å². The monoisotopic (exact) mass is 312 g/mol. The van der Waals surface area contributed by atoms with Gasteiger partial charge in [0.05, 0.1) is 13.7 Å². The third-order valence-corrected chi connectivity index (χ3v) is 4.53. The van der Waals surface area contributed by atoms with Gasteiger partial charge < -0.3 is 10.1 Å². The van der Waals surface area contributed by atoms with E-state index >= 15 is 0 Å². The molecule has 1 rings (SSSR count). The molecule has 1 aliphatic carbocycles. The molecule has 1 atom stereocenters. The van der Waals surface area contributed by atoms with Gasteiger partial charge in [0.25, 0.3) is 0 Å². The first-order valence-electron chi connectivity index (χ1n) is 8.40. The Labute approximate surface area is 134 Å². The zero-order valence-corrected chi connectivity index (χ0v) is 14.7. The fraction of sp³-hybridized carbons (Fsp3) is 0.882. The van der Waals surface area contributed by atoms with Gasteiger partial charge in [0.2, 0.25) is 5.91 Å². The fourth-order valence-corrected chi connectivity index (χ4v) is 3.11. The molecule has 5 heteroatoms. The molecule has 1 amide bonds. The SMILES string of the molecule is COC(=O)C(CC(C)C)NC(=O)CN(C)C1CCC(C)CC1. The number of methoxy groups -OCH3 is 1. The highest BCUT2D eigenvalue weighted by Crippen LogP contribution is 2.26. The minimum atomic E-state index is -0.544. The van der Waals surface area contributed by atoms with Crippen molar-refractivity contribution >= 4 is 11.9 Å². The molecule has 1 fully saturated rings. The summed E-state index contributed by atoms with van der Waals surface area (Å²) in [5.74, 6) is 0.656. The van der Waals surface area contributed by atoms with Crippen LogP contribution in [0.5, 0.6) is 0 Å². The van der Waals surface area contributed by atoms with Gasteiger partial charge >= 0.3 is 5.97 Å². The normalized spacial score (nSPS) is 23.4. The van der Waals surface area contributed by atoms with Crippen molar-refractivity contribution in [1.29, 1.82) is 0 Å². The molecule has 0 radical (unpaired) electrons. The maximum absolute atomic E-state index is 12.2. The van der Waals surface area contributed by atoms with E-state index in [0.717, 1.165) is 18.8 Å². The summed E-state index contributed by atoms with van der Waals surface area (Å²) in [6, 6.07) is -0.0686. The first-order chi connectivity index (χ1) is 10.3. The highest BCUT2D eigenvalue weighted by Gasteiger charge is 2.26. The van der Waals surface area contributed by atoms with Gasteiger partial charge in [-0.2, -0.15) is 0 Å². The maximum Gasteiger partial charge on any atom is 0.328 e. The van der Waals surface area contributed by atoms with Crippen LogP contribution in [-0.4, -0.2) is 49.6 Å². The van der Waals surface area contributed by atoms with Crippen LogP contribution in [0.3, 0.4) is 0 Å². The third-order valence-electron chi connectivity index (χ3n) is 4.53. The number of hydrogen-bond donors (Lipinski definition) is 1. The Bertz CT molecular complexity index is 363. The summed E-state index contributed by atoms with van der Waals surface area (Å²) in [5, 5.41) is 2.82. The number of esters is 1. The predicted molar refractivity (Wildman–Crippen MR) is 87.5 cm³/mol. The zero-order chi connectivity index (χ0) is 16.7. The van der Waals surface area contributed by atoms with E-state index in [1.165, 1.54) is 20.0 Å². The number of carbonyl (C=O) groups is 2. The highest BCUT2D eigenvalue weighted by molar-refractivity contribution is 5.85. The Morgan fingerprint density at radius 3 is 2.32 bits per heavy atom. The molecule has 0 aromatic rings. The van der Waals surface area contributed by atoms with Gasteiger partial charge in [-0.25, -0.2) is 4.79 Å². The van der Waals surface area contributed by atoms with E-state index in [1.54, 1.807) is 0 Å². The lowest BCUT2D eigenvalue weighted by Crippen LogP contribution is -2.48. The molecule has 1 aliphatic rings. The van der Waals surface area contributed by atoms with Crippen LogP contribution >= 0.6 is 0 Å². The first-order valence-corrected chi connectivity index (χ1v) is 8.40. The van der Waals surface area contributed by atoms with E-state index in [0.29, 0.717) is 24.9 Å². The van der Waals surface area contributed by atoms with Crippen LogP contribution in [0.4, 0.5) is 0 Å². The van der Waals surface area contributed by atoms with Crippen molar-refractivity contribution in [2.24, 2.45) is 11.8 Å². The van der Waals surface area contributed by atoms with Crippen molar-refractivity contribution in [3.05, 3.63) is 0 Å². The largest absolute Gasteiger partial charge is 0.467 e. The number of amides is 1. The van der Waals surface area contributed by atoms with Gasteiger partial charge in [0.15, 0.2) is 0 Å². The van der Waals surface area contributed by atoms with Crippen LogP contribution in [0, 0.1) is 11.8 Å². The number of nitrogens with one attached hydrogen (secondary N) is 1. The molecule has 0 saturated heterocycles. The summed E-state index contributed by atoms with van der Waals surface area (Å²) in [7, 11) is 3.35. The smallest absolute Gasteiger partial charge is 0.328 e. The molecule has 0 spiro atoms. The average Bonchev–Trinajstić information content (AvgIpc) is 2.45. The van der Waals surface area contributed by atoms with Crippen molar-refractivity contribution in [2.75, 3.05) is 20.7 Å². The first kappa shape index (κ1) is 18.9. The fourth-order valence-electron chi connectivity index (χ4n) is 3.11. The minimum absolute atomic E-state index is 0.0998. The number of rotatable bonds is 7. The lowest BCUT2D eigenvalue weighted by Gasteiger charge is -2.33. The molecule has 5 nitrogen and oxygen atoms in total. The second-order valence-electron chi connectivity index (χ2n) is 7.10. The Morgan fingerprint density at radius 2 is 1.82 bits per heavy atom. The molecule has 22 heavy (non-hydrogen) atoms. The molecule has 0 aromatic carbocycles. The Balaban J connectivity index is 2.46. The van der Waals surface area contributed by atoms with Gasteiger partial charge in [-0.1, -0.05) is 20.8 Å². The average molecular weight is 312 g/mol. The van der Waals surface area contributed by atoms with E-state index in [1.807, 2.05) is 20.9 Å². The van der Waals surface area contributed by atoms with E-state index in [2.05, 4.69) is 17.1 Å². The van der Waals surface area contributed by atoms with Gasteiger partial charge in [-0.05, 0) is 51.0 Å². The van der Waals surface area contributed by atoms with Crippen molar-refractivity contribution in [1.82, 2.24) is 10.2 Å². The second-order valence-corrected chi connectivity index (χ2v) is 7.10. The van der Waals surface area contributed by atoms with Crippen molar-refractivity contribution in [2.45, 2.75) is 65.0 Å². The van der Waals surface area contributed by atoms with E-state index in [-0.39, 0.29) is 11.9 Å². The Hall–Kier alpha value is -1.10. The number of carbonyl (C=O) groups excluding carboxylic acids is 2. The highest BCUT2D eigenvalue weighted by atomic mass is 16.5. The van der Waals surface area contributed by atoms with Crippen LogP contribution in [-0.2, 0) is 14.3 Å². The van der Waals surface area contributed by atoms with Crippen molar-refractivity contribution < 1.29 is 14.3 Å².